The third kappa shape index (κ3) is 2.82. The summed E-state index contributed by atoms with van der Waals surface area (Å²) < 4.78 is 30.4. The molecule has 4 rings (SSSR count). The third-order valence-electron chi connectivity index (χ3n) is 5.13. The predicted molar refractivity (Wildman–Crippen MR) is 98.9 cm³/mol. The highest BCUT2D eigenvalue weighted by molar-refractivity contribution is 7.89. The van der Waals surface area contributed by atoms with E-state index in [0.29, 0.717) is 19.0 Å². The molecule has 1 fully saturated rings. The Balaban J connectivity index is 1.55. The summed E-state index contributed by atoms with van der Waals surface area (Å²) in [7, 11) is -1.99. The number of aryl methyl sites for hydroxylation is 2. The normalized spacial score (nSPS) is 17.2. The molecule has 0 saturated carbocycles. The highest BCUT2D eigenvalue weighted by atomic mass is 35.5. The second-order valence-electron chi connectivity index (χ2n) is 6.71. The first-order valence-corrected chi connectivity index (χ1v) is 10.3. The van der Waals surface area contributed by atoms with E-state index in [9.17, 15) is 8.42 Å². The average Bonchev–Trinajstić information content (AvgIpc) is 3.21. The molecule has 0 spiro atoms. The fourth-order valence-corrected chi connectivity index (χ4v) is 5.51. The van der Waals surface area contributed by atoms with Gasteiger partial charge in [-0.05, 0) is 48.9 Å². The number of halogens is 1. The number of aromatic nitrogens is 4. The minimum Gasteiger partial charge on any atom is -0.256 e. The molecule has 7 nitrogen and oxygen atoms in total. The lowest BCUT2D eigenvalue weighted by Crippen LogP contribution is -2.38. The highest BCUT2D eigenvalue weighted by Crippen LogP contribution is 2.33. The van der Waals surface area contributed by atoms with Crippen LogP contribution in [0.1, 0.15) is 29.9 Å². The van der Waals surface area contributed by atoms with Gasteiger partial charge in [-0.3, -0.25) is 4.68 Å². The van der Waals surface area contributed by atoms with Crippen LogP contribution in [0, 0.1) is 6.92 Å². The van der Waals surface area contributed by atoms with Crippen LogP contribution in [0.2, 0.25) is 5.15 Å². The molecule has 0 atom stereocenters. The molecule has 0 radical (unpaired) electrons. The summed E-state index contributed by atoms with van der Waals surface area (Å²) in [4.78, 5) is 0.0780. The zero-order valence-corrected chi connectivity index (χ0v) is 16.2. The number of piperidine rings is 1. The fraction of sp³-hybridized carbons (Fsp3) is 0.412. The van der Waals surface area contributed by atoms with E-state index in [1.807, 2.05) is 10.6 Å². The summed E-state index contributed by atoms with van der Waals surface area (Å²) in [5.74, 6) is 0.319. The van der Waals surface area contributed by atoms with Crippen LogP contribution in [0.3, 0.4) is 0 Å². The van der Waals surface area contributed by atoms with Gasteiger partial charge in [0.25, 0.3) is 0 Å². The van der Waals surface area contributed by atoms with Crippen molar-refractivity contribution in [3.8, 4) is 0 Å². The Hall–Kier alpha value is -1.90. The van der Waals surface area contributed by atoms with Gasteiger partial charge in [-0.2, -0.15) is 14.5 Å². The summed E-state index contributed by atoms with van der Waals surface area (Å²) in [5, 5.41) is 8.40. The van der Waals surface area contributed by atoms with Gasteiger partial charge >= 0.3 is 0 Å². The van der Waals surface area contributed by atoms with Gasteiger partial charge in [0.2, 0.25) is 10.0 Å². The molecule has 3 aromatic heterocycles. The lowest BCUT2D eigenvalue weighted by atomic mass is 9.88. The smallest absolute Gasteiger partial charge is 0.247 e. The Labute approximate surface area is 157 Å². The highest BCUT2D eigenvalue weighted by Gasteiger charge is 2.33. The zero-order chi connectivity index (χ0) is 18.5. The molecule has 9 heteroatoms. The number of hydrogen-bond donors (Lipinski definition) is 0. The molecule has 1 aliphatic rings. The molecular weight excluding hydrogens is 374 g/mol. The number of fused-ring (bicyclic) bond motifs is 1. The van der Waals surface area contributed by atoms with Gasteiger partial charge in [0.05, 0.1) is 11.7 Å². The summed E-state index contributed by atoms with van der Waals surface area (Å²) >= 11 is 6.09. The van der Waals surface area contributed by atoms with Crippen LogP contribution < -0.4 is 0 Å². The van der Waals surface area contributed by atoms with Gasteiger partial charge in [0.15, 0.2) is 0 Å². The average molecular weight is 394 g/mol. The first-order chi connectivity index (χ1) is 12.4. The Kier molecular flexibility index (Phi) is 4.29. The Bertz CT molecular complexity index is 1060. The largest absolute Gasteiger partial charge is 0.256 e. The van der Waals surface area contributed by atoms with Crippen LogP contribution in [0.4, 0.5) is 0 Å². The van der Waals surface area contributed by atoms with E-state index in [2.05, 4.69) is 29.4 Å². The van der Waals surface area contributed by atoms with Crippen LogP contribution in [-0.2, 0) is 17.1 Å². The maximum absolute atomic E-state index is 12.8. The van der Waals surface area contributed by atoms with Gasteiger partial charge < -0.3 is 0 Å². The van der Waals surface area contributed by atoms with E-state index in [1.165, 1.54) is 26.3 Å². The van der Waals surface area contributed by atoms with Crippen molar-refractivity contribution in [2.75, 3.05) is 13.1 Å². The van der Waals surface area contributed by atoms with E-state index >= 15 is 0 Å². The SMILES string of the molecule is Cc1cc2ccnn2cc1C1CCN(S(=O)(=O)c2cnn(C)c2Cl)CC1. The van der Waals surface area contributed by atoms with E-state index in [4.69, 9.17) is 11.6 Å². The number of nitrogens with zero attached hydrogens (tertiary/aromatic N) is 5. The first-order valence-electron chi connectivity index (χ1n) is 8.49. The molecule has 0 amide bonds. The monoisotopic (exact) mass is 393 g/mol. The molecule has 26 heavy (non-hydrogen) atoms. The van der Waals surface area contributed by atoms with Gasteiger partial charge in [-0.1, -0.05) is 11.6 Å². The molecule has 1 aliphatic heterocycles. The second-order valence-corrected chi connectivity index (χ2v) is 8.98. The molecule has 3 aromatic rings. The molecule has 4 heterocycles. The van der Waals surface area contributed by atoms with Crippen LogP contribution >= 0.6 is 11.6 Å². The van der Waals surface area contributed by atoms with Gasteiger partial charge in [0, 0.05) is 32.5 Å². The predicted octanol–water partition coefficient (Wildman–Crippen LogP) is 2.60. The van der Waals surface area contributed by atoms with Crippen molar-refractivity contribution in [2.24, 2.45) is 7.05 Å². The van der Waals surface area contributed by atoms with E-state index in [1.54, 1.807) is 13.2 Å². The molecule has 0 bridgehead atoms. The molecular formula is C17H20ClN5O2S. The van der Waals surface area contributed by atoms with Crippen molar-refractivity contribution in [3.63, 3.8) is 0 Å². The molecule has 0 aromatic carbocycles. The van der Waals surface area contributed by atoms with Crippen molar-refractivity contribution in [2.45, 2.75) is 30.6 Å². The van der Waals surface area contributed by atoms with Crippen molar-refractivity contribution in [1.82, 2.24) is 23.7 Å². The lowest BCUT2D eigenvalue weighted by Gasteiger charge is -2.31. The van der Waals surface area contributed by atoms with Crippen LogP contribution in [-0.4, -0.2) is 45.2 Å². The standard InChI is InChI=1S/C17H20ClN5O2S/c1-12-9-14-3-6-19-23(14)11-15(12)13-4-7-22(8-5-13)26(24,25)16-10-20-21(2)17(16)18/h3,6,9-11,13H,4-5,7-8H2,1-2H3. The van der Waals surface area contributed by atoms with E-state index in [-0.39, 0.29) is 10.0 Å². The molecule has 0 unspecified atom stereocenters. The summed E-state index contributed by atoms with van der Waals surface area (Å²) in [6, 6.07) is 4.10. The van der Waals surface area contributed by atoms with Crippen LogP contribution in [0.15, 0.2) is 35.6 Å². The maximum Gasteiger partial charge on any atom is 0.247 e. The second kappa shape index (κ2) is 6.37. The molecule has 0 N–H and O–H groups in total. The quantitative estimate of drug-likeness (QED) is 0.685. The summed E-state index contributed by atoms with van der Waals surface area (Å²) in [5.41, 5.74) is 3.52. The van der Waals surface area contributed by atoms with Crippen molar-refractivity contribution in [1.29, 1.82) is 0 Å². The van der Waals surface area contributed by atoms with Gasteiger partial charge in [0.1, 0.15) is 10.0 Å². The Morgan fingerprint density at radius 1 is 1.23 bits per heavy atom. The van der Waals surface area contributed by atoms with Crippen molar-refractivity contribution in [3.05, 3.63) is 47.0 Å². The number of sulfonamides is 1. The van der Waals surface area contributed by atoms with Crippen molar-refractivity contribution < 1.29 is 8.42 Å². The lowest BCUT2D eigenvalue weighted by molar-refractivity contribution is 0.318. The van der Waals surface area contributed by atoms with E-state index < -0.39 is 10.0 Å². The van der Waals surface area contributed by atoms with E-state index in [0.717, 1.165) is 18.4 Å². The van der Waals surface area contributed by atoms with Gasteiger partial charge in [-0.25, -0.2) is 12.9 Å². The minimum absolute atomic E-state index is 0.0780. The maximum atomic E-state index is 12.8. The van der Waals surface area contributed by atoms with Crippen molar-refractivity contribution >= 4 is 27.1 Å². The molecule has 0 aliphatic carbocycles. The topological polar surface area (TPSA) is 72.5 Å². The molecule has 138 valence electrons. The fourth-order valence-electron chi connectivity index (χ4n) is 3.63. The third-order valence-corrected chi connectivity index (χ3v) is 7.59. The Morgan fingerprint density at radius 2 is 1.96 bits per heavy atom. The van der Waals surface area contributed by atoms with Crippen LogP contribution in [0.25, 0.3) is 5.52 Å². The number of pyridine rings is 1. The molecule has 1 saturated heterocycles. The van der Waals surface area contributed by atoms with Gasteiger partial charge in [-0.15, -0.1) is 0 Å². The number of hydrogen-bond acceptors (Lipinski definition) is 4. The van der Waals surface area contributed by atoms with Crippen LogP contribution in [0.5, 0.6) is 0 Å². The first kappa shape index (κ1) is 17.5. The zero-order valence-electron chi connectivity index (χ0n) is 14.6. The summed E-state index contributed by atoms with van der Waals surface area (Å²) in [6.45, 7) is 3.03. The Morgan fingerprint density at radius 3 is 2.62 bits per heavy atom. The minimum atomic E-state index is -3.61. The summed E-state index contributed by atoms with van der Waals surface area (Å²) in [6.07, 6.45) is 6.71. The number of rotatable bonds is 3.